The van der Waals surface area contributed by atoms with E-state index < -0.39 is 0 Å². The minimum absolute atomic E-state index is 0.111. The van der Waals surface area contributed by atoms with Crippen LogP contribution < -0.4 is 10.3 Å². The van der Waals surface area contributed by atoms with Gasteiger partial charge in [-0.05, 0) is 87.3 Å². The lowest BCUT2D eigenvalue weighted by atomic mass is 9.95. The van der Waals surface area contributed by atoms with E-state index >= 15 is 0 Å². The second kappa shape index (κ2) is 7.83. The third-order valence-corrected chi connectivity index (χ3v) is 5.93. The van der Waals surface area contributed by atoms with Crippen molar-refractivity contribution in [3.8, 4) is 5.75 Å². The highest BCUT2D eigenvalue weighted by molar-refractivity contribution is 5.80. The van der Waals surface area contributed by atoms with Crippen molar-refractivity contribution >= 4 is 10.9 Å². The van der Waals surface area contributed by atoms with Crippen LogP contribution in [0, 0.1) is 5.92 Å². The number of aromatic amines is 1. The standard InChI is InChI=1S/C22H30N6O2/c1-14-8-10-27(11-9-14)19(20-24-25-26-28(20)22(2,3)4)17-13-15-12-16(30-5)6-7-18(15)23-21(17)29/h6-7,12-14,19H,8-11H2,1-5H3,(H,23,29). The topological polar surface area (TPSA) is 88.9 Å². The van der Waals surface area contributed by atoms with Gasteiger partial charge in [0, 0.05) is 16.5 Å². The van der Waals surface area contributed by atoms with Crippen LogP contribution in [-0.2, 0) is 5.54 Å². The van der Waals surface area contributed by atoms with Crippen LogP contribution in [-0.4, -0.2) is 50.3 Å². The number of benzene rings is 1. The summed E-state index contributed by atoms with van der Waals surface area (Å²) in [5.74, 6) is 2.13. The van der Waals surface area contributed by atoms with Crippen molar-refractivity contribution in [3.63, 3.8) is 0 Å². The van der Waals surface area contributed by atoms with E-state index in [9.17, 15) is 4.79 Å². The van der Waals surface area contributed by atoms with E-state index in [1.165, 1.54) is 0 Å². The Bertz CT molecular complexity index is 1090. The number of fused-ring (bicyclic) bond motifs is 1. The monoisotopic (exact) mass is 410 g/mol. The SMILES string of the molecule is COc1ccc2[nH]c(=O)c(C(c3nnnn3C(C)(C)C)N3CCC(C)CC3)cc2c1. The van der Waals surface area contributed by atoms with Crippen molar-refractivity contribution in [3.05, 3.63) is 46.0 Å². The molecule has 4 rings (SSSR count). The number of piperidine rings is 1. The van der Waals surface area contributed by atoms with Gasteiger partial charge in [0.25, 0.3) is 5.56 Å². The Morgan fingerprint density at radius 1 is 1.20 bits per heavy atom. The normalized spacial score (nSPS) is 17.4. The third kappa shape index (κ3) is 3.84. The summed E-state index contributed by atoms with van der Waals surface area (Å²) in [6.07, 6.45) is 2.18. The fourth-order valence-electron chi connectivity index (χ4n) is 4.16. The molecule has 2 aromatic heterocycles. The van der Waals surface area contributed by atoms with Gasteiger partial charge in [-0.15, -0.1) is 5.10 Å². The van der Waals surface area contributed by atoms with Crippen LogP contribution >= 0.6 is 0 Å². The van der Waals surface area contributed by atoms with Gasteiger partial charge in [0.05, 0.1) is 12.6 Å². The van der Waals surface area contributed by atoms with Gasteiger partial charge in [-0.25, -0.2) is 4.68 Å². The van der Waals surface area contributed by atoms with Gasteiger partial charge in [0.2, 0.25) is 0 Å². The van der Waals surface area contributed by atoms with Gasteiger partial charge in [-0.2, -0.15) is 0 Å². The molecule has 0 amide bonds. The number of ether oxygens (including phenoxy) is 1. The maximum Gasteiger partial charge on any atom is 0.253 e. The highest BCUT2D eigenvalue weighted by Gasteiger charge is 2.34. The number of H-pyrrole nitrogens is 1. The fourth-order valence-corrected chi connectivity index (χ4v) is 4.16. The van der Waals surface area contributed by atoms with Crippen molar-refractivity contribution in [2.75, 3.05) is 20.2 Å². The fraction of sp³-hybridized carbons (Fsp3) is 0.545. The minimum Gasteiger partial charge on any atom is -0.497 e. The Balaban J connectivity index is 1.89. The lowest BCUT2D eigenvalue weighted by Crippen LogP contribution is -2.41. The molecule has 0 saturated carbocycles. The Morgan fingerprint density at radius 2 is 1.93 bits per heavy atom. The molecule has 1 unspecified atom stereocenters. The van der Waals surface area contributed by atoms with Crippen LogP contribution in [0.5, 0.6) is 5.75 Å². The molecule has 8 heteroatoms. The maximum absolute atomic E-state index is 13.2. The van der Waals surface area contributed by atoms with Crippen LogP contribution in [0.25, 0.3) is 10.9 Å². The highest BCUT2D eigenvalue weighted by atomic mass is 16.5. The van der Waals surface area contributed by atoms with Crippen LogP contribution in [0.2, 0.25) is 0 Å². The van der Waals surface area contributed by atoms with Crippen molar-refractivity contribution in [2.45, 2.75) is 52.1 Å². The highest BCUT2D eigenvalue weighted by Crippen LogP contribution is 2.32. The number of tetrazole rings is 1. The number of methoxy groups -OCH3 is 1. The Kier molecular flexibility index (Phi) is 5.36. The average molecular weight is 411 g/mol. The van der Waals surface area contributed by atoms with E-state index in [4.69, 9.17) is 4.74 Å². The second-order valence-corrected chi connectivity index (χ2v) is 9.25. The molecular weight excluding hydrogens is 380 g/mol. The molecule has 3 aromatic rings. The third-order valence-electron chi connectivity index (χ3n) is 5.93. The number of rotatable bonds is 4. The largest absolute Gasteiger partial charge is 0.497 e. The molecule has 3 heterocycles. The second-order valence-electron chi connectivity index (χ2n) is 9.25. The summed E-state index contributed by atoms with van der Waals surface area (Å²) in [4.78, 5) is 18.6. The molecule has 8 nitrogen and oxygen atoms in total. The maximum atomic E-state index is 13.2. The number of likely N-dealkylation sites (tertiary alicyclic amines) is 1. The zero-order valence-corrected chi connectivity index (χ0v) is 18.3. The number of hydrogen-bond acceptors (Lipinski definition) is 6. The first-order valence-electron chi connectivity index (χ1n) is 10.5. The number of aromatic nitrogens is 5. The first kappa shape index (κ1) is 20.5. The summed E-state index contributed by atoms with van der Waals surface area (Å²) >= 11 is 0. The van der Waals surface area contributed by atoms with Crippen molar-refractivity contribution in [2.24, 2.45) is 5.92 Å². The molecular formula is C22H30N6O2. The number of nitrogens with one attached hydrogen (secondary N) is 1. The first-order valence-corrected chi connectivity index (χ1v) is 10.5. The van der Waals surface area contributed by atoms with E-state index in [2.05, 4.69) is 53.1 Å². The summed E-state index contributed by atoms with van der Waals surface area (Å²) in [5.41, 5.74) is 1.03. The smallest absolute Gasteiger partial charge is 0.253 e. The van der Waals surface area contributed by atoms with E-state index in [-0.39, 0.29) is 17.1 Å². The van der Waals surface area contributed by atoms with Crippen molar-refractivity contribution < 1.29 is 4.74 Å². The van der Waals surface area contributed by atoms with E-state index in [1.54, 1.807) is 7.11 Å². The van der Waals surface area contributed by atoms with Gasteiger partial charge in [0.15, 0.2) is 5.82 Å². The molecule has 0 aliphatic carbocycles. The molecule has 160 valence electrons. The molecule has 1 saturated heterocycles. The zero-order chi connectivity index (χ0) is 21.5. The number of pyridine rings is 1. The predicted molar refractivity (Wildman–Crippen MR) is 116 cm³/mol. The van der Waals surface area contributed by atoms with Gasteiger partial charge in [0.1, 0.15) is 11.8 Å². The molecule has 1 atom stereocenters. The summed E-state index contributed by atoms with van der Waals surface area (Å²) < 4.78 is 7.22. The van der Waals surface area contributed by atoms with Gasteiger partial charge >= 0.3 is 0 Å². The molecule has 1 aliphatic rings. The average Bonchev–Trinajstić information content (AvgIpc) is 3.19. The number of nitrogens with zero attached hydrogens (tertiary/aromatic N) is 5. The zero-order valence-electron chi connectivity index (χ0n) is 18.3. The molecule has 1 N–H and O–H groups in total. The van der Waals surface area contributed by atoms with E-state index in [0.29, 0.717) is 17.3 Å². The Morgan fingerprint density at radius 3 is 2.60 bits per heavy atom. The number of hydrogen-bond donors (Lipinski definition) is 1. The lowest BCUT2D eigenvalue weighted by molar-refractivity contribution is 0.144. The first-order chi connectivity index (χ1) is 14.3. The molecule has 1 aromatic carbocycles. The van der Waals surface area contributed by atoms with Gasteiger partial charge < -0.3 is 9.72 Å². The van der Waals surface area contributed by atoms with Crippen LogP contribution in [0.15, 0.2) is 29.1 Å². The van der Waals surface area contributed by atoms with Gasteiger partial charge in [-0.1, -0.05) is 6.92 Å². The van der Waals surface area contributed by atoms with Crippen molar-refractivity contribution in [1.29, 1.82) is 0 Å². The van der Waals surface area contributed by atoms with E-state index in [0.717, 1.165) is 42.6 Å². The van der Waals surface area contributed by atoms with Crippen LogP contribution in [0.1, 0.15) is 58.0 Å². The van der Waals surface area contributed by atoms with Gasteiger partial charge in [-0.3, -0.25) is 9.69 Å². The van der Waals surface area contributed by atoms with E-state index in [1.807, 2.05) is 28.9 Å². The summed E-state index contributed by atoms with van der Waals surface area (Å²) in [7, 11) is 1.64. The lowest BCUT2D eigenvalue weighted by Gasteiger charge is -2.36. The Hall–Kier alpha value is -2.74. The molecule has 30 heavy (non-hydrogen) atoms. The quantitative estimate of drug-likeness (QED) is 0.711. The molecule has 0 spiro atoms. The van der Waals surface area contributed by atoms with Crippen molar-refractivity contribution in [1.82, 2.24) is 30.1 Å². The summed E-state index contributed by atoms with van der Waals surface area (Å²) in [6, 6.07) is 7.31. The Labute approximate surface area is 176 Å². The molecule has 1 aliphatic heterocycles. The van der Waals surface area contributed by atoms with Crippen LogP contribution in [0.3, 0.4) is 0 Å². The van der Waals surface area contributed by atoms with Crippen LogP contribution in [0.4, 0.5) is 0 Å². The molecule has 0 bridgehead atoms. The minimum atomic E-state index is -0.314. The summed E-state index contributed by atoms with van der Waals surface area (Å²) in [5, 5.41) is 13.5. The predicted octanol–water partition coefficient (Wildman–Crippen LogP) is 3.10. The summed E-state index contributed by atoms with van der Waals surface area (Å²) in [6.45, 7) is 10.3. The molecule has 1 fully saturated rings. The molecule has 0 radical (unpaired) electrons.